The van der Waals surface area contributed by atoms with E-state index in [1.165, 1.54) is 0 Å². The summed E-state index contributed by atoms with van der Waals surface area (Å²) in [6, 6.07) is 0. The predicted molar refractivity (Wildman–Crippen MR) is 26.9 cm³/mol. The standard InChI is InChI=1S/C3H9O2P/c1-4-6(3)5-2/h1-3H3/i1D. The van der Waals surface area contributed by atoms with Gasteiger partial charge in [0.25, 0.3) is 0 Å². The van der Waals surface area contributed by atoms with Gasteiger partial charge >= 0.3 is 0 Å². The highest BCUT2D eigenvalue weighted by Crippen LogP contribution is 2.29. The van der Waals surface area contributed by atoms with Crippen LogP contribution < -0.4 is 0 Å². The maximum atomic E-state index is 6.55. The molecule has 1 unspecified atom stereocenters. The average molecular weight is 109 g/mol. The van der Waals surface area contributed by atoms with E-state index < -0.39 is 8.38 Å². The minimum absolute atomic E-state index is 0.00392. The lowest BCUT2D eigenvalue weighted by atomic mass is 11.8. The summed E-state index contributed by atoms with van der Waals surface area (Å²) in [7, 11) is 0.801. The van der Waals surface area contributed by atoms with Crippen molar-refractivity contribution >= 4 is 8.38 Å². The Kier molecular flexibility index (Phi) is 2.66. The molecule has 0 saturated heterocycles. The summed E-state index contributed by atoms with van der Waals surface area (Å²) in [4.78, 5) is 0. The highest BCUT2D eigenvalue weighted by molar-refractivity contribution is 7.46. The molecular formula is C3H9O2P. The maximum absolute atomic E-state index is 6.55. The van der Waals surface area contributed by atoms with Crippen molar-refractivity contribution in [3.63, 3.8) is 0 Å². The molecule has 0 heterocycles. The molecule has 0 aromatic carbocycles. The summed E-state index contributed by atoms with van der Waals surface area (Å²) in [5.74, 6) is 0. The van der Waals surface area contributed by atoms with Crippen LogP contribution in [0.25, 0.3) is 0 Å². The second kappa shape index (κ2) is 3.54. The van der Waals surface area contributed by atoms with Crippen molar-refractivity contribution < 1.29 is 10.4 Å². The van der Waals surface area contributed by atoms with E-state index in [1.807, 2.05) is 6.66 Å². The van der Waals surface area contributed by atoms with Gasteiger partial charge in [-0.05, 0) is 0 Å². The Morgan fingerprint density at radius 3 is 2.50 bits per heavy atom. The molecule has 0 saturated carbocycles. The average Bonchev–Trinajstić information content (AvgIpc) is 1.68. The van der Waals surface area contributed by atoms with Gasteiger partial charge < -0.3 is 9.05 Å². The quantitative estimate of drug-likeness (QED) is 0.496. The smallest absolute Gasteiger partial charge is 0.166 e. The maximum Gasteiger partial charge on any atom is 0.166 e. The van der Waals surface area contributed by atoms with E-state index in [4.69, 9.17) is 10.4 Å². The van der Waals surface area contributed by atoms with Crippen LogP contribution in [0.2, 0.25) is 0 Å². The third-order valence-electron chi connectivity index (χ3n) is 0.439. The van der Waals surface area contributed by atoms with Crippen LogP contribution >= 0.6 is 8.38 Å². The zero-order chi connectivity index (χ0) is 5.70. The van der Waals surface area contributed by atoms with E-state index in [1.54, 1.807) is 7.11 Å². The fourth-order valence-electron chi connectivity index (χ4n) is 0.0527. The Morgan fingerprint density at radius 2 is 2.33 bits per heavy atom. The van der Waals surface area contributed by atoms with Gasteiger partial charge in [0, 0.05) is 20.9 Å². The van der Waals surface area contributed by atoms with Crippen LogP contribution in [0.4, 0.5) is 0 Å². The molecule has 6 heavy (non-hydrogen) atoms. The predicted octanol–water partition coefficient (Wildman–Crippen LogP) is 1.22. The molecule has 38 valence electrons. The molecule has 0 aromatic heterocycles. The molecule has 0 amide bonds. The van der Waals surface area contributed by atoms with E-state index >= 15 is 0 Å². The topological polar surface area (TPSA) is 18.5 Å². The molecule has 0 N–H and O–H groups in total. The van der Waals surface area contributed by atoms with Crippen molar-refractivity contribution in [2.24, 2.45) is 0 Å². The Balaban J connectivity index is 2.83. The van der Waals surface area contributed by atoms with Crippen LogP contribution in [-0.2, 0) is 9.05 Å². The van der Waals surface area contributed by atoms with Crippen molar-refractivity contribution in [1.29, 1.82) is 0 Å². The van der Waals surface area contributed by atoms with Crippen molar-refractivity contribution in [3.05, 3.63) is 0 Å². The Hall–Kier alpha value is 0.350. The summed E-state index contributed by atoms with van der Waals surface area (Å²) >= 11 is 0. The van der Waals surface area contributed by atoms with Gasteiger partial charge in [0.2, 0.25) is 0 Å². The highest BCUT2D eigenvalue weighted by Gasteiger charge is 1.89. The lowest BCUT2D eigenvalue weighted by molar-refractivity contribution is 0.346. The Morgan fingerprint density at radius 1 is 1.67 bits per heavy atom. The number of rotatable bonds is 2. The van der Waals surface area contributed by atoms with E-state index in [0.29, 0.717) is 0 Å². The van der Waals surface area contributed by atoms with Crippen LogP contribution in [0, 0.1) is 0 Å². The van der Waals surface area contributed by atoms with Crippen molar-refractivity contribution in [2.75, 3.05) is 20.9 Å². The lowest BCUT2D eigenvalue weighted by Gasteiger charge is -2.01. The van der Waals surface area contributed by atoms with Gasteiger partial charge in [-0.3, -0.25) is 0 Å². The van der Waals surface area contributed by atoms with E-state index in [9.17, 15) is 0 Å². The summed E-state index contributed by atoms with van der Waals surface area (Å²) in [6.45, 7) is 1.81. The fraction of sp³-hybridized carbons (Fsp3) is 1.00. The zero-order valence-corrected chi connectivity index (χ0v) is 4.87. The SMILES string of the molecule is [2H]COP(C)OC. The fourth-order valence-corrected chi connectivity index (χ4v) is 0.158. The molecule has 0 radical (unpaired) electrons. The largest absolute Gasteiger partial charge is 0.338 e. The van der Waals surface area contributed by atoms with Crippen LogP contribution in [0.3, 0.4) is 0 Å². The normalized spacial score (nSPS) is 16.7. The van der Waals surface area contributed by atoms with E-state index in [0.717, 1.165) is 0 Å². The summed E-state index contributed by atoms with van der Waals surface area (Å²) in [5, 5.41) is 0. The third kappa shape index (κ3) is 2.58. The first kappa shape index (κ1) is 4.51. The van der Waals surface area contributed by atoms with Crippen molar-refractivity contribution in [1.82, 2.24) is 0 Å². The van der Waals surface area contributed by atoms with E-state index in [-0.39, 0.29) is 7.09 Å². The van der Waals surface area contributed by atoms with Crippen LogP contribution in [0.15, 0.2) is 0 Å². The van der Waals surface area contributed by atoms with Crippen molar-refractivity contribution in [2.45, 2.75) is 0 Å². The molecule has 1 atom stereocenters. The molecule has 0 bridgehead atoms. The van der Waals surface area contributed by atoms with Gasteiger partial charge in [0.1, 0.15) is 0 Å². The number of hydrogen-bond donors (Lipinski definition) is 0. The lowest BCUT2D eigenvalue weighted by Crippen LogP contribution is -1.74. The second-order valence-corrected chi connectivity index (χ2v) is 2.25. The Labute approximate surface area is 40.8 Å². The minimum atomic E-state index is -0.766. The Bertz CT molecular complexity index is 43.9. The first-order valence-electron chi connectivity index (χ1n) is 2.22. The molecule has 2 nitrogen and oxygen atoms in total. The molecule has 0 spiro atoms. The highest BCUT2D eigenvalue weighted by atomic mass is 31.2. The third-order valence-corrected chi connectivity index (χ3v) is 1.32. The molecule has 3 heteroatoms. The zero-order valence-electron chi connectivity index (χ0n) is 4.97. The molecule has 0 rings (SSSR count). The molecule has 0 aliphatic carbocycles. The van der Waals surface area contributed by atoms with Crippen molar-refractivity contribution in [3.8, 4) is 0 Å². The molecule has 0 aliphatic heterocycles. The van der Waals surface area contributed by atoms with Crippen LogP contribution in [-0.4, -0.2) is 20.9 Å². The number of hydrogen-bond acceptors (Lipinski definition) is 2. The van der Waals surface area contributed by atoms with Gasteiger partial charge in [0.05, 0.1) is 1.37 Å². The van der Waals surface area contributed by atoms with E-state index in [2.05, 4.69) is 0 Å². The molecular weight excluding hydrogens is 99.0 g/mol. The summed E-state index contributed by atoms with van der Waals surface area (Å²) < 4.78 is 16.0. The summed E-state index contributed by atoms with van der Waals surface area (Å²) in [6.07, 6.45) is 0. The second-order valence-electron chi connectivity index (χ2n) is 0.751. The molecule has 0 aliphatic rings. The van der Waals surface area contributed by atoms with Gasteiger partial charge in [-0.2, -0.15) is 0 Å². The molecule has 0 fully saturated rings. The van der Waals surface area contributed by atoms with Crippen LogP contribution in [0.1, 0.15) is 1.37 Å². The first-order valence-corrected chi connectivity index (χ1v) is 3.13. The minimum Gasteiger partial charge on any atom is -0.338 e. The monoisotopic (exact) mass is 109 g/mol. The van der Waals surface area contributed by atoms with Gasteiger partial charge in [-0.15, -0.1) is 0 Å². The van der Waals surface area contributed by atoms with Gasteiger partial charge in [0.15, 0.2) is 8.38 Å². The van der Waals surface area contributed by atoms with Gasteiger partial charge in [-0.1, -0.05) is 0 Å². The van der Waals surface area contributed by atoms with Crippen LogP contribution in [0.5, 0.6) is 0 Å². The summed E-state index contributed by atoms with van der Waals surface area (Å²) in [5.41, 5.74) is 0. The van der Waals surface area contributed by atoms with Gasteiger partial charge in [-0.25, -0.2) is 0 Å². The molecule has 0 aromatic rings. The first-order chi connectivity index (χ1) is 3.31.